The third-order valence-corrected chi connectivity index (χ3v) is 2.95. The number of ketones is 1. The van der Waals surface area contributed by atoms with Crippen molar-refractivity contribution in [2.75, 3.05) is 6.61 Å². The number of hydrogen-bond acceptors (Lipinski definition) is 3. The van der Waals surface area contributed by atoms with Crippen LogP contribution in [0.4, 0.5) is 0 Å². The standard InChI is InChI=1S/C14H18O3/c1-3-16-12-6-4-5-11(9-12)14(15)13-8-7-10(2)17-13/h4-6,9-10,13H,3,7-8H2,1-2H3. The fourth-order valence-electron chi connectivity index (χ4n) is 2.09. The average Bonchev–Trinajstić information content (AvgIpc) is 2.76. The summed E-state index contributed by atoms with van der Waals surface area (Å²) in [6, 6.07) is 7.31. The van der Waals surface area contributed by atoms with Crippen LogP contribution >= 0.6 is 0 Å². The summed E-state index contributed by atoms with van der Waals surface area (Å²) in [6.07, 6.45) is 1.70. The smallest absolute Gasteiger partial charge is 0.191 e. The van der Waals surface area contributed by atoms with Gasteiger partial charge in [0.2, 0.25) is 0 Å². The van der Waals surface area contributed by atoms with Crippen molar-refractivity contribution in [2.24, 2.45) is 0 Å². The van der Waals surface area contributed by atoms with Gasteiger partial charge in [0.05, 0.1) is 12.7 Å². The van der Waals surface area contributed by atoms with Crippen molar-refractivity contribution in [1.82, 2.24) is 0 Å². The Bertz CT molecular complexity index is 400. The molecule has 1 fully saturated rings. The summed E-state index contributed by atoms with van der Waals surface area (Å²) >= 11 is 0. The summed E-state index contributed by atoms with van der Waals surface area (Å²) in [5.41, 5.74) is 0.676. The molecule has 17 heavy (non-hydrogen) atoms. The molecule has 0 amide bonds. The van der Waals surface area contributed by atoms with Crippen molar-refractivity contribution in [3.63, 3.8) is 0 Å². The van der Waals surface area contributed by atoms with Crippen LogP contribution < -0.4 is 4.74 Å². The summed E-state index contributed by atoms with van der Waals surface area (Å²) in [4.78, 5) is 12.2. The Morgan fingerprint density at radius 1 is 1.47 bits per heavy atom. The highest BCUT2D eigenvalue weighted by molar-refractivity contribution is 5.99. The molecule has 1 aromatic carbocycles. The maximum atomic E-state index is 12.2. The Kier molecular flexibility index (Phi) is 3.79. The number of ether oxygens (including phenoxy) is 2. The largest absolute Gasteiger partial charge is 0.494 e. The van der Waals surface area contributed by atoms with Gasteiger partial charge >= 0.3 is 0 Å². The van der Waals surface area contributed by atoms with Gasteiger partial charge in [-0.3, -0.25) is 4.79 Å². The number of benzene rings is 1. The fourth-order valence-corrected chi connectivity index (χ4v) is 2.09. The molecule has 2 atom stereocenters. The molecule has 92 valence electrons. The van der Waals surface area contributed by atoms with Gasteiger partial charge in [0.25, 0.3) is 0 Å². The minimum atomic E-state index is -0.276. The van der Waals surface area contributed by atoms with Gasteiger partial charge < -0.3 is 9.47 Å². The van der Waals surface area contributed by atoms with Crippen molar-refractivity contribution >= 4 is 5.78 Å². The molecule has 3 nitrogen and oxygen atoms in total. The molecule has 1 aliphatic rings. The lowest BCUT2D eigenvalue weighted by Gasteiger charge is -2.11. The summed E-state index contributed by atoms with van der Waals surface area (Å²) in [5, 5.41) is 0. The van der Waals surface area contributed by atoms with Crippen molar-refractivity contribution < 1.29 is 14.3 Å². The summed E-state index contributed by atoms with van der Waals surface area (Å²) in [7, 11) is 0. The number of Topliss-reactive ketones (excluding diaryl/α,β-unsaturated/α-hetero) is 1. The lowest BCUT2D eigenvalue weighted by Crippen LogP contribution is -2.20. The van der Waals surface area contributed by atoms with Gasteiger partial charge in [-0.15, -0.1) is 0 Å². The van der Waals surface area contributed by atoms with E-state index in [0.717, 1.165) is 18.6 Å². The van der Waals surface area contributed by atoms with Crippen LogP contribution in [0.5, 0.6) is 5.75 Å². The first kappa shape index (κ1) is 12.1. The fraction of sp³-hybridized carbons (Fsp3) is 0.500. The number of rotatable bonds is 4. The Labute approximate surface area is 102 Å². The second kappa shape index (κ2) is 5.32. The van der Waals surface area contributed by atoms with Gasteiger partial charge in [0.1, 0.15) is 11.9 Å². The van der Waals surface area contributed by atoms with Crippen LogP contribution in [0.2, 0.25) is 0 Å². The Balaban J connectivity index is 2.10. The third-order valence-electron chi connectivity index (χ3n) is 2.95. The highest BCUT2D eigenvalue weighted by Gasteiger charge is 2.28. The van der Waals surface area contributed by atoms with Crippen LogP contribution in [0.1, 0.15) is 37.0 Å². The minimum absolute atomic E-state index is 0.0657. The van der Waals surface area contributed by atoms with Gasteiger partial charge in [-0.1, -0.05) is 12.1 Å². The number of hydrogen-bond donors (Lipinski definition) is 0. The molecule has 0 N–H and O–H groups in total. The van der Waals surface area contributed by atoms with Crippen molar-refractivity contribution in [3.8, 4) is 5.75 Å². The first-order chi connectivity index (χ1) is 8.20. The molecule has 0 radical (unpaired) electrons. The number of carbonyl (C=O) groups excluding carboxylic acids is 1. The second-order valence-electron chi connectivity index (χ2n) is 4.34. The normalized spacial score (nSPS) is 23.6. The Morgan fingerprint density at radius 2 is 2.29 bits per heavy atom. The lowest BCUT2D eigenvalue weighted by atomic mass is 10.0. The number of carbonyl (C=O) groups is 1. The lowest BCUT2D eigenvalue weighted by molar-refractivity contribution is 0.0433. The highest BCUT2D eigenvalue weighted by atomic mass is 16.5. The third kappa shape index (κ3) is 2.86. The van der Waals surface area contributed by atoms with Gasteiger partial charge in [-0.2, -0.15) is 0 Å². The molecule has 0 spiro atoms. The van der Waals surface area contributed by atoms with E-state index >= 15 is 0 Å². The van der Waals surface area contributed by atoms with E-state index in [0.29, 0.717) is 12.2 Å². The van der Waals surface area contributed by atoms with E-state index in [1.54, 1.807) is 6.07 Å². The van der Waals surface area contributed by atoms with E-state index in [2.05, 4.69) is 0 Å². The van der Waals surface area contributed by atoms with Crippen LogP contribution in [0, 0.1) is 0 Å². The molecule has 3 heteroatoms. The molecule has 1 aromatic rings. The molecular weight excluding hydrogens is 216 g/mol. The zero-order valence-corrected chi connectivity index (χ0v) is 10.3. The van der Waals surface area contributed by atoms with Gasteiger partial charge in [-0.05, 0) is 38.8 Å². The van der Waals surface area contributed by atoms with E-state index in [9.17, 15) is 4.79 Å². The maximum Gasteiger partial charge on any atom is 0.191 e. The zero-order valence-electron chi connectivity index (χ0n) is 10.3. The van der Waals surface area contributed by atoms with Crippen LogP contribution in [-0.4, -0.2) is 24.6 Å². The molecule has 0 bridgehead atoms. The van der Waals surface area contributed by atoms with Crippen LogP contribution in [0.15, 0.2) is 24.3 Å². The first-order valence-corrected chi connectivity index (χ1v) is 6.13. The van der Waals surface area contributed by atoms with Crippen molar-refractivity contribution in [2.45, 2.75) is 38.9 Å². The predicted octanol–water partition coefficient (Wildman–Crippen LogP) is 2.84. The molecule has 0 aliphatic carbocycles. The van der Waals surface area contributed by atoms with E-state index in [1.165, 1.54) is 0 Å². The molecule has 2 rings (SSSR count). The first-order valence-electron chi connectivity index (χ1n) is 6.13. The van der Waals surface area contributed by atoms with Gasteiger partial charge in [0.15, 0.2) is 5.78 Å². The second-order valence-corrected chi connectivity index (χ2v) is 4.34. The van der Waals surface area contributed by atoms with Gasteiger partial charge in [-0.25, -0.2) is 0 Å². The van der Waals surface area contributed by atoms with Crippen LogP contribution in [0.25, 0.3) is 0 Å². The Hall–Kier alpha value is -1.35. The monoisotopic (exact) mass is 234 g/mol. The quantitative estimate of drug-likeness (QED) is 0.751. The zero-order chi connectivity index (χ0) is 12.3. The minimum Gasteiger partial charge on any atom is -0.494 e. The average molecular weight is 234 g/mol. The van der Waals surface area contributed by atoms with E-state index in [4.69, 9.17) is 9.47 Å². The van der Waals surface area contributed by atoms with Crippen LogP contribution in [0.3, 0.4) is 0 Å². The summed E-state index contributed by atoms with van der Waals surface area (Å²) in [5.74, 6) is 0.806. The maximum absolute atomic E-state index is 12.2. The van der Waals surface area contributed by atoms with E-state index in [-0.39, 0.29) is 18.0 Å². The molecule has 0 saturated carbocycles. The van der Waals surface area contributed by atoms with E-state index in [1.807, 2.05) is 32.0 Å². The molecule has 1 saturated heterocycles. The van der Waals surface area contributed by atoms with Crippen molar-refractivity contribution in [1.29, 1.82) is 0 Å². The molecule has 1 aliphatic heterocycles. The summed E-state index contributed by atoms with van der Waals surface area (Å²) in [6.45, 7) is 4.54. The molecule has 2 unspecified atom stereocenters. The van der Waals surface area contributed by atoms with Gasteiger partial charge in [0, 0.05) is 5.56 Å². The van der Waals surface area contributed by atoms with E-state index < -0.39 is 0 Å². The highest BCUT2D eigenvalue weighted by Crippen LogP contribution is 2.24. The predicted molar refractivity (Wildman–Crippen MR) is 65.5 cm³/mol. The molecular formula is C14H18O3. The molecule has 1 heterocycles. The van der Waals surface area contributed by atoms with Crippen LogP contribution in [-0.2, 0) is 4.74 Å². The van der Waals surface area contributed by atoms with Crippen molar-refractivity contribution in [3.05, 3.63) is 29.8 Å². The molecule has 0 aromatic heterocycles. The SMILES string of the molecule is CCOc1cccc(C(=O)C2CCC(C)O2)c1. The summed E-state index contributed by atoms with van der Waals surface area (Å²) < 4.78 is 11.0. The topological polar surface area (TPSA) is 35.5 Å². The Morgan fingerprint density at radius 3 is 2.94 bits per heavy atom.